The van der Waals surface area contributed by atoms with Crippen molar-refractivity contribution in [2.45, 2.75) is 6.92 Å². The zero-order chi connectivity index (χ0) is 7.40. The van der Waals surface area contributed by atoms with Crippen molar-refractivity contribution in [1.29, 1.82) is 0 Å². The molecule has 0 atom stereocenters. The first kappa shape index (κ1) is 6.92. The molecule has 1 heterocycles. The van der Waals surface area contributed by atoms with E-state index in [1.54, 1.807) is 6.92 Å². The Morgan fingerprint density at radius 1 is 1.60 bits per heavy atom. The van der Waals surface area contributed by atoms with Crippen LogP contribution in [0.4, 0.5) is 4.39 Å². The van der Waals surface area contributed by atoms with Crippen LogP contribution in [0.25, 0.3) is 0 Å². The van der Waals surface area contributed by atoms with Gasteiger partial charge in [0.05, 0.1) is 12.7 Å². The lowest BCUT2D eigenvalue weighted by atomic mass is 10.6. The lowest BCUT2D eigenvalue weighted by molar-refractivity contribution is 0.323. The molecule has 0 unspecified atom stereocenters. The zero-order valence-electron chi connectivity index (χ0n) is 5.54. The van der Waals surface area contributed by atoms with Crippen molar-refractivity contribution in [2.24, 2.45) is 0 Å². The Labute approximate surface area is 57.9 Å². The van der Waals surface area contributed by atoms with Gasteiger partial charge in [-0.25, -0.2) is 9.97 Å². The van der Waals surface area contributed by atoms with Crippen LogP contribution in [-0.2, 0) is 0 Å². The number of hydrogen-bond donors (Lipinski definition) is 0. The second-order valence-corrected chi connectivity index (χ2v) is 1.61. The normalized spacial score (nSPS) is 9.40. The van der Waals surface area contributed by atoms with Crippen LogP contribution in [0.1, 0.15) is 6.92 Å². The average molecular weight is 142 g/mol. The van der Waals surface area contributed by atoms with Gasteiger partial charge in [0.15, 0.2) is 0 Å². The van der Waals surface area contributed by atoms with Gasteiger partial charge in [0.25, 0.3) is 0 Å². The summed E-state index contributed by atoms with van der Waals surface area (Å²) in [6.45, 7) is 2.29. The molecule has 1 aromatic heterocycles. The first-order chi connectivity index (χ1) is 4.83. The van der Waals surface area contributed by atoms with Gasteiger partial charge >= 0.3 is 0 Å². The van der Waals surface area contributed by atoms with Crippen molar-refractivity contribution < 1.29 is 9.13 Å². The number of nitrogens with zero attached hydrogens (tertiary/aromatic N) is 2. The molecule has 0 radical (unpaired) electrons. The predicted molar refractivity (Wildman–Crippen MR) is 33.2 cm³/mol. The molecule has 3 nitrogen and oxygen atoms in total. The quantitative estimate of drug-likeness (QED) is 0.578. The Morgan fingerprint density at radius 3 is 3.00 bits per heavy atom. The van der Waals surface area contributed by atoms with Crippen molar-refractivity contribution in [3.05, 3.63) is 18.3 Å². The smallest absolute Gasteiger partial charge is 0.219 e. The molecule has 1 aromatic rings. The van der Waals surface area contributed by atoms with Crippen LogP contribution >= 0.6 is 0 Å². The molecular weight excluding hydrogens is 135 g/mol. The maximum absolute atomic E-state index is 12.3. The highest BCUT2D eigenvalue weighted by molar-refractivity contribution is 5.05. The summed E-state index contributed by atoms with van der Waals surface area (Å²) in [7, 11) is 0. The molecule has 0 saturated heterocycles. The Morgan fingerprint density at radius 2 is 2.40 bits per heavy atom. The van der Waals surface area contributed by atoms with Crippen LogP contribution < -0.4 is 4.74 Å². The summed E-state index contributed by atoms with van der Waals surface area (Å²) in [5.41, 5.74) is 0. The van der Waals surface area contributed by atoms with Gasteiger partial charge in [0, 0.05) is 0 Å². The third kappa shape index (κ3) is 1.65. The van der Waals surface area contributed by atoms with E-state index in [2.05, 4.69) is 9.97 Å². The van der Waals surface area contributed by atoms with Gasteiger partial charge in [-0.3, -0.25) is 0 Å². The third-order valence-electron chi connectivity index (χ3n) is 0.901. The molecule has 10 heavy (non-hydrogen) atoms. The highest BCUT2D eigenvalue weighted by Crippen LogP contribution is 2.03. The minimum absolute atomic E-state index is 0.273. The molecule has 0 fully saturated rings. The van der Waals surface area contributed by atoms with E-state index in [4.69, 9.17) is 4.74 Å². The van der Waals surface area contributed by atoms with E-state index >= 15 is 0 Å². The van der Waals surface area contributed by atoms with Crippen LogP contribution in [0.5, 0.6) is 5.88 Å². The summed E-state index contributed by atoms with van der Waals surface area (Å²) >= 11 is 0. The van der Waals surface area contributed by atoms with Gasteiger partial charge < -0.3 is 4.74 Å². The van der Waals surface area contributed by atoms with E-state index in [-0.39, 0.29) is 5.88 Å². The standard InChI is InChI=1S/C6H7FN2O/c1-2-10-6-3-5(7)8-4-9-6/h3-4H,2H2,1H3. The lowest BCUT2D eigenvalue weighted by Gasteiger charge is -1.98. The number of halogens is 1. The summed E-state index contributed by atoms with van der Waals surface area (Å²) in [6.07, 6.45) is 1.13. The van der Waals surface area contributed by atoms with Crippen molar-refractivity contribution >= 4 is 0 Å². The Kier molecular flexibility index (Phi) is 2.15. The minimum atomic E-state index is -0.571. The number of rotatable bonds is 2. The van der Waals surface area contributed by atoms with Crippen LogP contribution in [0.3, 0.4) is 0 Å². The number of aromatic nitrogens is 2. The van der Waals surface area contributed by atoms with E-state index in [0.717, 1.165) is 12.4 Å². The summed E-state index contributed by atoms with van der Waals surface area (Å²) < 4.78 is 17.2. The SMILES string of the molecule is CCOc1cc(F)ncn1. The molecule has 0 aromatic carbocycles. The molecule has 0 saturated carbocycles. The molecule has 1 rings (SSSR count). The van der Waals surface area contributed by atoms with Gasteiger partial charge in [0.1, 0.15) is 6.33 Å². The maximum atomic E-state index is 12.3. The fourth-order valence-corrected chi connectivity index (χ4v) is 0.544. The van der Waals surface area contributed by atoms with Crippen molar-refractivity contribution in [2.75, 3.05) is 6.61 Å². The largest absolute Gasteiger partial charge is 0.478 e. The fraction of sp³-hybridized carbons (Fsp3) is 0.333. The molecule has 0 amide bonds. The molecule has 0 aliphatic carbocycles. The third-order valence-corrected chi connectivity index (χ3v) is 0.901. The first-order valence-electron chi connectivity index (χ1n) is 2.93. The monoisotopic (exact) mass is 142 g/mol. The summed E-state index contributed by atoms with van der Waals surface area (Å²) in [5, 5.41) is 0. The fourth-order valence-electron chi connectivity index (χ4n) is 0.544. The number of ether oxygens (including phenoxy) is 1. The highest BCUT2D eigenvalue weighted by Gasteiger charge is 1.94. The van der Waals surface area contributed by atoms with E-state index in [9.17, 15) is 4.39 Å². The summed E-state index contributed by atoms with van der Waals surface area (Å²) in [6, 6.07) is 1.14. The maximum Gasteiger partial charge on any atom is 0.219 e. The molecular formula is C6H7FN2O. The molecule has 0 aliphatic rings. The lowest BCUT2D eigenvalue weighted by Crippen LogP contribution is -1.95. The van der Waals surface area contributed by atoms with E-state index in [1.165, 1.54) is 0 Å². The first-order valence-corrected chi connectivity index (χ1v) is 2.93. The average Bonchev–Trinajstić information content (AvgIpc) is 1.88. The van der Waals surface area contributed by atoms with Gasteiger partial charge in [0.2, 0.25) is 11.8 Å². The van der Waals surface area contributed by atoms with Crippen molar-refractivity contribution in [3.63, 3.8) is 0 Å². The van der Waals surface area contributed by atoms with Crippen LogP contribution in [0, 0.1) is 5.95 Å². The second-order valence-electron chi connectivity index (χ2n) is 1.61. The predicted octanol–water partition coefficient (Wildman–Crippen LogP) is 1.01. The highest BCUT2D eigenvalue weighted by atomic mass is 19.1. The van der Waals surface area contributed by atoms with E-state index in [0.29, 0.717) is 6.61 Å². The molecule has 0 spiro atoms. The van der Waals surface area contributed by atoms with E-state index in [1.807, 2.05) is 0 Å². The van der Waals surface area contributed by atoms with Crippen LogP contribution in [0.2, 0.25) is 0 Å². The van der Waals surface area contributed by atoms with Gasteiger partial charge in [-0.1, -0.05) is 0 Å². The summed E-state index contributed by atoms with van der Waals surface area (Å²) in [4.78, 5) is 6.92. The molecule has 4 heteroatoms. The number of hydrogen-bond acceptors (Lipinski definition) is 3. The minimum Gasteiger partial charge on any atom is -0.478 e. The van der Waals surface area contributed by atoms with Gasteiger partial charge in [-0.05, 0) is 6.92 Å². The van der Waals surface area contributed by atoms with Crippen LogP contribution in [-0.4, -0.2) is 16.6 Å². The Bertz CT molecular complexity index is 217. The van der Waals surface area contributed by atoms with Gasteiger partial charge in [-0.2, -0.15) is 4.39 Å². The molecule has 0 N–H and O–H groups in total. The van der Waals surface area contributed by atoms with Crippen molar-refractivity contribution in [1.82, 2.24) is 9.97 Å². The Balaban J connectivity index is 2.75. The van der Waals surface area contributed by atoms with E-state index < -0.39 is 5.95 Å². The second kappa shape index (κ2) is 3.10. The van der Waals surface area contributed by atoms with Crippen LogP contribution in [0.15, 0.2) is 12.4 Å². The molecule has 0 aliphatic heterocycles. The summed E-state index contributed by atoms with van der Waals surface area (Å²) in [5.74, 6) is -0.298. The topological polar surface area (TPSA) is 35.0 Å². The zero-order valence-corrected chi connectivity index (χ0v) is 5.54. The molecule has 54 valence electrons. The Hall–Kier alpha value is -1.19. The van der Waals surface area contributed by atoms with Gasteiger partial charge in [-0.15, -0.1) is 0 Å². The van der Waals surface area contributed by atoms with Crippen molar-refractivity contribution in [3.8, 4) is 5.88 Å². The molecule has 0 bridgehead atoms.